The fraction of sp³-hybridized carbons (Fsp3) is 0.143. The SMILES string of the molecule is CNc1cc(C(=O)O)c([N+](=O)[O-])cn1. The summed E-state index contributed by atoms with van der Waals surface area (Å²) >= 11 is 0. The quantitative estimate of drug-likeness (QED) is 0.546. The number of aromatic nitrogens is 1. The molecular formula is C7H7N3O4. The van der Waals surface area contributed by atoms with E-state index in [0.29, 0.717) is 0 Å². The van der Waals surface area contributed by atoms with E-state index < -0.39 is 16.6 Å². The summed E-state index contributed by atoms with van der Waals surface area (Å²) in [5.41, 5.74) is -0.897. The Bertz CT molecular complexity index is 391. The number of carboxylic acid groups (broad SMARTS) is 1. The number of carboxylic acids is 1. The zero-order valence-electron chi connectivity index (χ0n) is 7.22. The first-order chi connectivity index (χ1) is 6.56. The Hall–Kier alpha value is -2.18. The van der Waals surface area contributed by atoms with Gasteiger partial charge in [0, 0.05) is 13.1 Å². The molecule has 0 amide bonds. The van der Waals surface area contributed by atoms with Crippen molar-refractivity contribution in [3.63, 3.8) is 0 Å². The van der Waals surface area contributed by atoms with Gasteiger partial charge in [-0.1, -0.05) is 0 Å². The zero-order chi connectivity index (χ0) is 10.7. The normalized spacial score (nSPS) is 9.50. The van der Waals surface area contributed by atoms with Gasteiger partial charge in [-0.25, -0.2) is 9.78 Å². The van der Waals surface area contributed by atoms with Crippen molar-refractivity contribution in [3.05, 3.63) is 27.9 Å². The van der Waals surface area contributed by atoms with Crippen LogP contribution in [0.1, 0.15) is 10.4 Å². The molecule has 14 heavy (non-hydrogen) atoms. The predicted octanol–water partition coefficient (Wildman–Crippen LogP) is 0.730. The number of nitro groups is 1. The van der Waals surface area contributed by atoms with Gasteiger partial charge in [-0.05, 0) is 0 Å². The molecule has 0 atom stereocenters. The van der Waals surface area contributed by atoms with Crippen LogP contribution in [0.4, 0.5) is 11.5 Å². The smallest absolute Gasteiger partial charge is 0.342 e. The number of hydrogen-bond donors (Lipinski definition) is 2. The molecule has 0 saturated heterocycles. The van der Waals surface area contributed by atoms with Crippen molar-refractivity contribution in [2.45, 2.75) is 0 Å². The Kier molecular flexibility index (Phi) is 2.61. The highest BCUT2D eigenvalue weighted by Crippen LogP contribution is 2.19. The molecular weight excluding hydrogens is 190 g/mol. The van der Waals surface area contributed by atoms with Gasteiger partial charge in [0.1, 0.15) is 17.6 Å². The van der Waals surface area contributed by atoms with Crippen LogP contribution >= 0.6 is 0 Å². The van der Waals surface area contributed by atoms with Gasteiger partial charge in [0.05, 0.1) is 4.92 Å². The van der Waals surface area contributed by atoms with E-state index in [1.54, 1.807) is 7.05 Å². The molecule has 74 valence electrons. The molecule has 0 aliphatic rings. The lowest BCUT2D eigenvalue weighted by Crippen LogP contribution is -2.05. The van der Waals surface area contributed by atoms with E-state index >= 15 is 0 Å². The number of nitrogens with zero attached hydrogens (tertiary/aromatic N) is 2. The van der Waals surface area contributed by atoms with Crippen LogP contribution in [-0.2, 0) is 0 Å². The maximum absolute atomic E-state index is 10.6. The second-order valence-corrected chi connectivity index (χ2v) is 2.40. The van der Waals surface area contributed by atoms with Crippen molar-refractivity contribution in [1.82, 2.24) is 4.98 Å². The Balaban J connectivity index is 3.31. The first kappa shape index (κ1) is 9.90. The number of nitrogens with one attached hydrogen (secondary N) is 1. The molecule has 0 radical (unpaired) electrons. The summed E-state index contributed by atoms with van der Waals surface area (Å²) in [4.78, 5) is 23.9. The summed E-state index contributed by atoms with van der Waals surface area (Å²) in [6.45, 7) is 0. The summed E-state index contributed by atoms with van der Waals surface area (Å²) < 4.78 is 0. The van der Waals surface area contributed by atoms with Crippen LogP contribution in [0.2, 0.25) is 0 Å². The molecule has 2 N–H and O–H groups in total. The lowest BCUT2D eigenvalue weighted by molar-refractivity contribution is -0.385. The number of anilines is 1. The van der Waals surface area contributed by atoms with Gasteiger partial charge < -0.3 is 10.4 Å². The maximum Gasteiger partial charge on any atom is 0.342 e. The third kappa shape index (κ3) is 1.76. The van der Waals surface area contributed by atoms with Gasteiger partial charge in [-0.2, -0.15) is 0 Å². The van der Waals surface area contributed by atoms with Gasteiger partial charge in [0.15, 0.2) is 0 Å². The first-order valence-corrected chi connectivity index (χ1v) is 3.61. The number of aromatic carboxylic acids is 1. The van der Waals surface area contributed by atoms with Crippen LogP contribution in [0.5, 0.6) is 0 Å². The molecule has 0 aliphatic carbocycles. The van der Waals surface area contributed by atoms with Gasteiger partial charge in [-0.15, -0.1) is 0 Å². The maximum atomic E-state index is 10.6. The monoisotopic (exact) mass is 197 g/mol. The van der Waals surface area contributed by atoms with E-state index in [4.69, 9.17) is 5.11 Å². The van der Waals surface area contributed by atoms with Gasteiger partial charge in [0.2, 0.25) is 0 Å². The van der Waals surface area contributed by atoms with Crippen LogP contribution in [0.25, 0.3) is 0 Å². The highest BCUT2D eigenvalue weighted by molar-refractivity contribution is 5.93. The Morgan fingerprint density at radius 2 is 2.36 bits per heavy atom. The number of carbonyl (C=O) groups is 1. The van der Waals surface area contributed by atoms with E-state index in [-0.39, 0.29) is 11.4 Å². The van der Waals surface area contributed by atoms with Crippen LogP contribution in [-0.4, -0.2) is 28.0 Å². The van der Waals surface area contributed by atoms with Crippen molar-refractivity contribution >= 4 is 17.5 Å². The number of hydrogen-bond acceptors (Lipinski definition) is 5. The van der Waals surface area contributed by atoms with Crippen molar-refractivity contribution in [3.8, 4) is 0 Å². The summed E-state index contributed by atoms with van der Waals surface area (Å²) in [5, 5.41) is 21.7. The van der Waals surface area contributed by atoms with E-state index in [0.717, 1.165) is 12.3 Å². The van der Waals surface area contributed by atoms with E-state index in [1.807, 2.05) is 0 Å². The summed E-state index contributed by atoms with van der Waals surface area (Å²) in [6.07, 6.45) is 0.912. The molecule has 7 nitrogen and oxygen atoms in total. The molecule has 1 aromatic heterocycles. The van der Waals surface area contributed by atoms with E-state index in [1.165, 1.54) is 0 Å². The fourth-order valence-electron chi connectivity index (χ4n) is 0.902. The third-order valence-electron chi connectivity index (χ3n) is 1.57. The van der Waals surface area contributed by atoms with Crippen molar-refractivity contribution < 1.29 is 14.8 Å². The fourth-order valence-corrected chi connectivity index (χ4v) is 0.902. The molecule has 7 heteroatoms. The highest BCUT2D eigenvalue weighted by atomic mass is 16.6. The molecule has 0 aliphatic heterocycles. The first-order valence-electron chi connectivity index (χ1n) is 3.61. The Labute approximate surface area is 78.5 Å². The summed E-state index contributed by atoms with van der Waals surface area (Å²) in [7, 11) is 1.54. The van der Waals surface area contributed by atoms with Crippen molar-refractivity contribution in [2.24, 2.45) is 0 Å². The second kappa shape index (κ2) is 3.69. The highest BCUT2D eigenvalue weighted by Gasteiger charge is 2.20. The molecule has 0 unspecified atom stereocenters. The minimum absolute atomic E-state index is 0.271. The lowest BCUT2D eigenvalue weighted by atomic mass is 10.2. The second-order valence-electron chi connectivity index (χ2n) is 2.40. The predicted molar refractivity (Wildman–Crippen MR) is 47.4 cm³/mol. The largest absolute Gasteiger partial charge is 0.477 e. The molecule has 1 heterocycles. The van der Waals surface area contributed by atoms with Crippen LogP contribution in [0, 0.1) is 10.1 Å². The van der Waals surface area contributed by atoms with Crippen LogP contribution in [0.15, 0.2) is 12.3 Å². The summed E-state index contributed by atoms with van der Waals surface area (Å²) in [6, 6.07) is 1.11. The molecule has 0 spiro atoms. The van der Waals surface area contributed by atoms with Gasteiger partial charge in [0.25, 0.3) is 0 Å². The molecule has 1 rings (SSSR count). The van der Waals surface area contributed by atoms with Crippen molar-refractivity contribution in [1.29, 1.82) is 0 Å². The standard InChI is InChI=1S/C7H7N3O4/c1-8-6-2-4(7(11)12)5(3-9-6)10(13)14/h2-3H,1H3,(H,8,9)(H,11,12). The van der Waals surface area contributed by atoms with Crippen molar-refractivity contribution in [2.75, 3.05) is 12.4 Å². The molecule has 0 fully saturated rings. The number of pyridine rings is 1. The van der Waals surface area contributed by atoms with Crippen LogP contribution < -0.4 is 5.32 Å². The summed E-state index contributed by atoms with van der Waals surface area (Å²) in [5.74, 6) is -1.08. The molecule has 0 bridgehead atoms. The average molecular weight is 197 g/mol. The minimum atomic E-state index is -1.35. The van der Waals surface area contributed by atoms with Crippen LogP contribution in [0.3, 0.4) is 0 Å². The van der Waals surface area contributed by atoms with Gasteiger partial charge >= 0.3 is 11.7 Å². The molecule has 0 aromatic carbocycles. The topological polar surface area (TPSA) is 105 Å². The Morgan fingerprint density at radius 3 is 2.79 bits per heavy atom. The average Bonchev–Trinajstić information content (AvgIpc) is 2.16. The third-order valence-corrected chi connectivity index (χ3v) is 1.57. The zero-order valence-corrected chi connectivity index (χ0v) is 7.22. The lowest BCUT2D eigenvalue weighted by Gasteiger charge is -2.00. The minimum Gasteiger partial charge on any atom is -0.477 e. The Morgan fingerprint density at radius 1 is 1.71 bits per heavy atom. The molecule has 1 aromatic rings. The van der Waals surface area contributed by atoms with E-state index in [2.05, 4.69) is 10.3 Å². The van der Waals surface area contributed by atoms with E-state index in [9.17, 15) is 14.9 Å². The van der Waals surface area contributed by atoms with Gasteiger partial charge in [-0.3, -0.25) is 10.1 Å². The molecule has 0 saturated carbocycles. The number of rotatable bonds is 3.